The third kappa shape index (κ3) is 3.46. The summed E-state index contributed by atoms with van der Waals surface area (Å²) < 4.78 is 51.0. The van der Waals surface area contributed by atoms with Crippen molar-refractivity contribution in [3.05, 3.63) is 40.8 Å². The number of nitrogens with zero attached hydrogens (tertiary/aromatic N) is 2. The molecule has 0 aliphatic heterocycles. The van der Waals surface area contributed by atoms with Crippen LogP contribution in [0.3, 0.4) is 0 Å². The van der Waals surface area contributed by atoms with Crippen molar-refractivity contribution in [2.24, 2.45) is 0 Å². The van der Waals surface area contributed by atoms with Gasteiger partial charge in [0, 0.05) is 11.9 Å². The highest BCUT2D eigenvalue weighted by Gasteiger charge is 2.35. The van der Waals surface area contributed by atoms with E-state index in [0.717, 1.165) is 12.3 Å². The van der Waals surface area contributed by atoms with E-state index in [1.54, 1.807) is 0 Å². The van der Waals surface area contributed by atoms with Crippen LogP contribution < -0.4 is 5.32 Å². The van der Waals surface area contributed by atoms with Crippen molar-refractivity contribution in [1.82, 2.24) is 0 Å². The number of hydrogen-bond donors (Lipinski definition) is 1. The van der Waals surface area contributed by atoms with Gasteiger partial charge in [0.2, 0.25) is 0 Å². The Labute approximate surface area is 106 Å². The summed E-state index contributed by atoms with van der Waals surface area (Å²) in [5.74, 6) is -1.34. The number of benzene rings is 1. The van der Waals surface area contributed by atoms with Gasteiger partial charge in [0.15, 0.2) is 0 Å². The molecule has 19 heavy (non-hydrogen) atoms. The lowest BCUT2D eigenvalue weighted by atomic mass is 10.1. The van der Waals surface area contributed by atoms with Crippen LogP contribution in [0.25, 0.3) is 0 Å². The summed E-state index contributed by atoms with van der Waals surface area (Å²) >= 11 is 0. The summed E-state index contributed by atoms with van der Waals surface area (Å²) in [7, 11) is 0. The molecule has 0 radical (unpaired) electrons. The summed E-state index contributed by atoms with van der Waals surface area (Å²) in [6.45, 7) is 1.19. The number of allylic oxidation sites excluding steroid dienone is 1. The molecule has 0 unspecified atom stereocenters. The van der Waals surface area contributed by atoms with E-state index >= 15 is 0 Å². The van der Waals surface area contributed by atoms with Gasteiger partial charge in [-0.05, 0) is 24.6 Å². The second kappa shape index (κ2) is 5.40. The van der Waals surface area contributed by atoms with Gasteiger partial charge in [0.1, 0.15) is 23.5 Å². The van der Waals surface area contributed by atoms with E-state index in [1.807, 2.05) is 0 Å². The molecule has 0 fully saturated rings. The largest absolute Gasteiger partial charge is 0.419 e. The molecule has 0 aliphatic carbocycles. The van der Waals surface area contributed by atoms with Crippen molar-refractivity contribution < 1.29 is 17.6 Å². The van der Waals surface area contributed by atoms with Gasteiger partial charge in [-0.2, -0.15) is 23.7 Å². The molecule has 0 amide bonds. The van der Waals surface area contributed by atoms with Gasteiger partial charge in [0.05, 0.1) is 5.56 Å². The maximum atomic E-state index is 13.3. The molecule has 3 nitrogen and oxygen atoms in total. The highest BCUT2D eigenvalue weighted by Crippen LogP contribution is 2.34. The highest BCUT2D eigenvalue weighted by atomic mass is 19.4. The maximum Gasteiger partial charge on any atom is 0.419 e. The molecular formula is C12H7F4N3. The first-order chi connectivity index (χ1) is 8.79. The average Bonchev–Trinajstić information content (AvgIpc) is 2.33. The third-order valence-corrected chi connectivity index (χ3v) is 2.18. The van der Waals surface area contributed by atoms with E-state index in [9.17, 15) is 17.6 Å². The van der Waals surface area contributed by atoms with E-state index < -0.39 is 17.6 Å². The zero-order valence-corrected chi connectivity index (χ0v) is 9.64. The first-order valence-electron chi connectivity index (χ1n) is 4.94. The molecule has 98 valence electrons. The standard InChI is InChI=1S/C12H7F4N3/c1-7-2-9(19-6-8(4-17)5-18)3-10(11(7)13)12(14,15)16/h2-3,6,19H,1H3. The molecule has 1 N–H and O–H groups in total. The lowest BCUT2D eigenvalue weighted by Crippen LogP contribution is -2.10. The van der Waals surface area contributed by atoms with E-state index in [-0.39, 0.29) is 16.8 Å². The Hall–Kier alpha value is -2.54. The van der Waals surface area contributed by atoms with Crippen molar-refractivity contribution >= 4 is 5.69 Å². The molecule has 0 saturated carbocycles. The fourth-order valence-electron chi connectivity index (χ4n) is 1.30. The van der Waals surface area contributed by atoms with Crippen LogP contribution in [0.5, 0.6) is 0 Å². The zero-order valence-electron chi connectivity index (χ0n) is 9.64. The topological polar surface area (TPSA) is 59.6 Å². The molecule has 0 aromatic heterocycles. The summed E-state index contributed by atoms with van der Waals surface area (Å²) in [5, 5.41) is 19.3. The average molecular weight is 269 g/mol. The van der Waals surface area contributed by atoms with Crippen molar-refractivity contribution in [2.45, 2.75) is 13.1 Å². The molecule has 1 rings (SSSR count). The Balaban J connectivity index is 3.20. The molecule has 7 heteroatoms. The Morgan fingerprint density at radius 2 is 1.84 bits per heavy atom. The van der Waals surface area contributed by atoms with E-state index in [1.165, 1.54) is 19.1 Å². The number of alkyl halides is 3. The van der Waals surface area contributed by atoms with Gasteiger partial charge in [-0.1, -0.05) is 0 Å². The predicted molar refractivity (Wildman–Crippen MR) is 59.1 cm³/mol. The summed E-state index contributed by atoms with van der Waals surface area (Å²) in [5.41, 5.74) is -1.97. The van der Waals surface area contributed by atoms with Crippen molar-refractivity contribution in [2.75, 3.05) is 5.32 Å². The van der Waals surface area contributed by atoms with Crippen molar-refractivity contribution in [3.8, 4) is 12.1 Å². The van der Waals surface area contributed by atoms with Crippen LogP contribution in [-0.2, 0) is 6.18 Å². The van der Waals surface area contributed by atoms with Crippen LogP contribution in [0.4, 0.5) is 23.2 Å². The fourth-order valence-corrected chi connectivity index (χ4v) is 1.30. The number of nitrogens with one attached hydrogen (secondary N) is 1. The van der Waals surface area contributed by atoms with Crippen molar-refractivity contribution in [3.63, 3.8) is 0 Å². The number of aryl methyl sites for hydroxylation is 1. The fraction of sp³-hybridized carbons (Fsp3) is 0.167. The van der Waals surface area contributed by atoms with Crippen LogP contribution in [-0.4, -0.2) is 0 Å². The maximum absolute atomic E-state index is 13.3. The Kier molecular flexibility index (Phi) is 4.13. The van der Waals surface area contributed by atoms with Gasteiger partial charge >= 0.3 is 6.18 Å². The van der Waals surface area contributed by atoms with Gasteiger partial charge < -0.3 is 5.32 Å². The van der Waals surface area contributed by atoms with E-state index in [4.69, 9.17) is 10.5 Å². The second-order valence-corrected chi connectivity index (χ2v) is 3.58. The number of rotatable bonds is 2. The normalized spacial score (nSPS) is 10.3. The molecule has 0 bridgehead atoms. The Morgan fingerprint density at radius 3 is 2.32 bits per heavy atom. The minimum Gasteiger partial charge on any atom is -0.360 e. The molecule has 0 aliphatic rings. The van der Waals surface area contributed by atoms with Gasteiger partial charge in [-0.15, -0.1) is 0 Å². The minimum atomic E-state index is -4.82. The van der Waals surface area contributed by atoms with Gasteiger partial charge in [-0.3, -0.25) is 0 Å². The molecule has 1 aromatic rings. The smallest absolute Gasteiger partial charge is 0.360 e. The monoisotopic (exact) mass is 269 g/mol. The first kappa shape index (κ1) is 14.5. The van der Waals surface area contributed by atoms with E-state index in [2.05, 4.69) is 5.32 Å². The quantitative estimate of drug-likeness (QED) is 0.660. The summed E-state index contributed by atoms with van der Waals surface area (Å²) in [6.07, 6.45) is -3.86. The number of nitriles is 2. The number of anilines is 1. The molecule has 0 saturated heterocycles. The SMILES string of the molecule is Cc1cc(NC=C(C#N)C#N)cc(C(F)(F)F)c1F. The van der Waals surface area contributed by atoms with Crippen LogP contribution in [0, 0.1) is 35.4 Å². The third-order valence-electron chi connectivity index (χ3n) is 2.18. The Morgan fingerprint density at radius 1 is 1.26 bits per heavy atom. The molecular weight excluding hydrogens is 262 g/mol. The van der Waals surface area contributed by atoms with Gasteiger partial charge in [-0.25, -0.2) is 4.39 Å². The molecule has 0 atom stereocenters. The van der Waals surface area contributed by atoms with E-state index in [0.29, 0.717) is 6.07 Å². The van der Waals surface area contributed by atoms with Crippen LogP contribution in [0.15, 0.2) is 23.9 Å². The van der Waals surface area contributed by atoms with Crippen molar-refractivity contribution in [1.29, 1.82) is 10.5 Å². The van der Waals surface area contributed by atoms with Gasteiger partial charge in [0.25, 0.3) is 0 Å². The van der Waals surface area contributed by atoms with Crippen LogP contribution >= 0.6 is 0 Å². The summed E-state index contributed by atoms with van der Waals surface area (Å²) in [4.78, 5) is 0. The Bertz CT molecular complexity index is 587. The molecule has 0 spiro atoms. The van der Waals surface area contributed by atoms with Crippen LogP contribution in [0.1, 0.15) is 11.1 Å². The first-order valence-corrected chi connectivity index (χ1v) is 4.94. The highest BCUT2D eigenvalue weighted by molar-refractivity contribution is 5.53. The molecule has 0 heterocycles. The lowest BCUT2D eigenvalue weighted by molar-refractivity contribution is -0.140. The second-order valence-electron chi connectivity index (χ2n) is 3.58. The predicted octanol–water partition coefficient (Wildman–Crippen LogP) is 3.50. The summed E-state index contributed by atoms with van der Waals surface area (Å²) in [6, 6.07) is 4.79. The minimum absolute atomic E-state index is 0.0609. The molecule has 1 aromatic carbocycles. The lowest BCUT2D eigenvalue weighted by Gasteiger charge is -2.12. The van der Waals surface area contributed by atoms with Crippen LogP contribution in [0.2, 0.25) is 0 Å². The zero-order chi connectivity index (χ0) is 14.6. The number of halogens is 4. The number of hydrogen-bond acceptors (Lipinski definition) is 3.